The Morgan fingerprint density at radius 3 is 2.00 bits per heavy atom. The smallest absolute Gasteiger partial charge is 0.229 e. The van der Waals surface area contributed by atoms with Gasteiger partial charge in [-0.3, -0.25) is 0 Å². The van der Waals surface area contributed by atoms with Crippen molar-refractivity contribution in [3.8, 4) is 0 Å². The number of sulfonamides is 1. The summed E-state index contributed by atoms with van der Waals surface area (Å²) < 4.78 is 51.3. The van der Waals surface area contributed by atoms with Gasteiger partial charge < -0.3 is 0 Å². The van der Waals surface area contributed by atoms with Crippen molar-refractivity contribution in [1.29, 1.82) is 0 Å². The molecule has 7 heteroatoms. The third-order valence-corrected chi connectivity index (χ3v) is 8.54. The summed E-state index contributed by atoms with van der Waals surface area (Å²) in [6.45, 7) is 6.24. The minimum atomic E-state index is -3.66. The van der Waals surface area contributed by atoms with E-state index >= 15 is 0 Å². The lowest BCUT2D eigenvalue weighted by atomic mass is 9.87. The standard InChI is InChI=1S/C17H25NO4S2/c1-17(2,3)13-4-8-16(9-5-13)24(21,22)18(14-6-7-14)15-10-11-23(19,20)12-15/h4-5,8-9,14-15H,6-7,10-12H2,1-3H3/t15-/m0/s1. The van der Waals surface area contributed by atoms with Crippen LogP contribution in [0.15, 0.2) is 29.2 Å². The molecule has 5 nitrogen and oxygen atoms in total. The molecule has 2 fully saturated rings. The summed E-state index contributed by atoms with van der Waals surface area (Å²) in [5.74, 6) is 0.0299. The Balaban J connectivity index is 1.92. The van der Waals surface area contributed by atoms with Crippen molar-refractivity contribution < 1.29 is 16.8 Å². The van der Waals surface area contributed by atoms with Crippen LogP contribution in [0.3, 0.4) is 0 Å². The number of benzene rings is 1. The zero-order valence-electron chi connectivity index (χ0n) is 14.4. The van der Waals surface area contributed by atoms with Crippen LogP contribution in [0.2, 0.25) is 0 Å². The van der Waals surface area contributed by atoms with Gasteiger partial charge in [-0.25, -0.2) is 16.8 Å². The van der Waals surface area contributed by atoms with E-state index in [-0.39, 0.29) is 27.9 Å². The minimum Gasteiger partial charge on any atom is -0.229 e. The molecule has 2 aliphatic rings. The molecule has 0 unspecified atom stereocenters. The lowest BCUT2D eigenvalue weighted by molar-refractivity contribution is 0.332. The molecule has 0 bridgehead atoms. The third kappa shape index (κ3) is 3.53. The highest BCUT2D eigenvalue weighted by molar-refractivity contribution is 7.92. The first-order valence-electron chi connectivity index (χ1n) is 8.35. The second kappa shape index (κ2) is 5.81. The molecule has 1 aliphatic heterocycles. The van der Waals surface area contributed by atoms with Gasteiger partial charge in [-0.05, 0) is 42.4 Å². The van der Waals surface area contributed by atoms with Gasteiger partial charge in [-0.2, -0.15) is 4.31 Å². The zero-order valence-corrected chi connectivity index (χ0v) is 16.0. The summed E-state index contributed by atoms with van der Waals surface area (Å²) in [4.78, 5) is 0.256. The maximum Gasteiger partial charge on any atom is 0.243 e. The molecule has 24 heavy (non-hydrogen) atoms. The first-order valence-corrected chi connectivity index (χ1v) is 11.6. The molecule has 1 aromatic carbocycles. The SMILES string of the molecule is CC(C)(C)c1ccc(S(=O)(=O)N(C2CC2)[C@H]2CCS(=O)(=O)C2)cc1. The van der Waals surface area contributed by atoms with Crippen molar-refractivity contribution in [3.05, 3.63) is 29.8 Å². The van der Waals surface area contributed by atoms with Crippen LogP contribution >= 0.6 is 0 Å². The van der Waals surface area contributed by atoms with Crippen LogP contribution in [0, 0.1) is 0 Å². The van der Waals surface area contributed by atoms with Gasteiger partial charge in [0.05, 0.1) is 16.4 Å². The van der Waals surface area contributed by atoms with Crippen LogP contribution in [0.1, 0.15) is 45.6 Å². The molecule has 0 spiro atoms. The fraction of sp³-hybridized carbons (Fsp3) is 0.647. The van der Waals surface area contributed by atoms with Crippen molar-refractivity contribution in [2.75, 3.05) is 11.5 Å². The van der Waals surface area contributed by atoms with Gasteiger partial charge >= 0.3 is 0 Å². The predicted octanol–water partition coefficient (Wildman–Crippen LogP) is 2.32. The van der Waals surface area contributed by atoms with Crippen LogP contribution < -0.4 is 0 Å². The van der Waals surface area contributed by atoms with E-state index in [0.717, 1.165) is 18.4 Å². The van der Waals surface area contributed by atoms with E-state index < -0.39 is 25.9 Å². The van der Waals surface area contributed by atoms with Gasteiger partial charge in [0, 0.05) is 12.1 Å². The maximum absolute atomic E-state index is 13.1. The predicted molar refractivity (Wildman–Crippen MR) is 94.2 cm³/mol. The molecule has 0 radical (unpaired) electrons. The number of hydrogen-bond donors (Lipinski definition) is 0. The average molecular weight is 372 g/mol. The molecule has 0 amide bonds. The molecular formula is C17H25NO4S2. The van der Waals surface area contributed by atoms with E-state index in [1.165, 1.54) is 4.31 Å². The summed E-state index contributed by atoms with van der Waals surface area (Å²) in [5, 5.41) is 0. The topological polar surface area (TPSA) is 71.5 Å². The normalized spacial score (nSPS) is 24.4. The van der Waals surface area contributed by atoms with Gasteiger partial charge in [0.25, 0.3) is 0 Å². The van der Waals surface area contributed by atoms with Crippen molar-refractivity contribution in [1.82, 2.24) is 4.31 Å². The van der Waals surface area contributed by atoms with Crippen molar-refractivity contribution in [2.45, 2.75) is 62.4 Å². The number of hydrogen-bond acceptors (Lipinski definition) is 4. The van der Waals surface area contributed by atoms with Crippen LogP contribution in [-0.2, 0) is 25.3 Å². The van der Waals surface area contributed by atoms with Crippen LogP contribution in [0.5, 0.6) is 0 Å². The first-order chi connectivity index (χ1) is 11.0. The van der Waals surface area contributed by atoms with Crippen molar-refractivity contribution in [2.24, 2.45) is 0 Å². The second-order valence-corrected chi connectivity index (χ2v) is 12.0. The van der Waals surface area contributed by atoms with Gasteiger partial charge in [0.15, 0.2) is 9.84 Å². The highest BCUT2D eigenvalue weighted by atomic mass is 32.2. The molecule has 1 aliphatic carbocycles. The molecule has 1 saturated heterocycles. The fourth-order valence-electron chi connectivity index (χ4n) is 3.24. The Morgan fingerprint density at radius 2 is 1.58 bits per heavy atom. The highest BCUT2D eigenvalue weighted by Gasteiger charge is 2.46. The monoisotopic (exact) mass is 371 g/mol. The number of sulfone groups is 1. The minimum absolute atomic E-state index is 0.0436. The van der Waals surface area contributed by atoms with Crippen molar-refractivity contribution >= 4 is 19.9 Å². The molecule has 1 heterocycles. The molecular weight excluding hydrogens is 346 g/mol. The van der Waals surface area contributed by atoms with Crippen molar-refractivity contribution in [3.63, 3.8) is 0 Å². The van der Waals surface area contributed by atoms with Crippen LogP contribution in [0.25, 0.3) is 0 Å². The molecule has 1 aromatic rings. The lowest BCUT2D eigenvalue weighted by Crippen LogP contribution is -2.42. The van der Waals surface area contributed by atoms with Gasteiger partial charge in [-0.15, -0.1) is 0 Å². The molecule has 0 N–H and O–H groups in total. The summed E-state index contributed by atoms with van der Waals surface area (Å²) in [7, 11) is -6.79. The molecule has 1 saturated carbocycles. The van der Waals surface area contributed by atoms with E-state index in [1.807, 2.05) is 12.1 Å². The van der Waals surface area contributed by atoms with E-state index in [4.69, 9.17) is 0 Å². The second-order valence-electron chi connectivity index (χ2n) is 7.90. The van der Waals surface area contributed by atoms with Gasteiger partial charge in [0.1, 0.15) is 0 Å². The number of rotatable bonds is 4. The highest BCUT2D eigenvalue weighted by Crippen LogP contribution is 2.37. The fourth-order valence-corrected chi connectivity index (χ4v) is 6.95. The average Bonchev–Trinajstić information content (AvgIpc) is 3.22. The summed E-state index contributed by atoms with van der Waals surface area (Å²) >= 11 is 0. The molecule has 0 aromatic heterocycles. The Bertz CT molecular complexity index is 816. The number of nitrogens with zero attached hydrogens (tertiary/aromatic N) is 1. The molecule has 1 atom stereocenters. The maximum atomic E-state index is 13.1. The van der Waals surface area contributed by atoms with E-state index in [9.17, 15) is 16.8 Å². The Morgan fingerprint density at radius 1 is 1.00 bits per heavy atom. The Hall–Kier alpha value is -0.920. The summed E-state index contributed by atoms with van der Waals surface area (Å²) in [6, 6.07) is 6.53. The quantitative estimate of drug-likeness (QED) is 0.814. The van der Waals surface area contributed by atoms with E-state index in [2.05, 4.69) is 20.8 Å². The Kier molecular flexibility index (Phi) is 4.33. The van der Waals surface area contributed by atoms with Gasteiger partial charge in [-0.1, -0.05) is 32.9 Å². The molecule has 134 valence electrons. The Labute approximate surface area is 145 Å². The largest absolute Gasteiger partial charge is 0.243 e. The van der Waals surface area contributed by atoms with Crippen LogP contribution in [-0.4, -0.2) is 44.7 Å². The van der Waals surface area contributed by atoms with E-state index in [0.29, 0.717) is 6.42 Å². The molecule has 3 rings (SSSR count). The van der Waals surface area contributed by atoms with Crippen LogP contribution in [0.4, 0.5) is 0 Å². The zero-order chi connectivity index (χ0) is 17.8. The third-order valence-electron chi connectivity index (χ3n) is 4.77. The lowest BCUT2D eigenvalue weighted by Gasteiger charge is -2.27. The first kappa shape index (κ1) is 17.9. The summed E-state index contributed by atoms with van der Waals surface area (Å²) in [5.41, 5.74) is 1.03. The van der Waals surface area contributed by atoms with E-state index in [1.54, 1.807) is 12.1 Å². The summed E-state index contributed by atoms with van der Waals surface area (Å²) in [6.07, 6.45) is 2.03. The van der Waals surface area contributed by atoms with Gasteiger partial charge in [0.2, 0.25) is 10.0 Å².